The maximum atomic E-state index is 11.3. The normalized spacial score (nSPS) is 9.93. The fourth-order valence-corrected chi connectivity index (χ4v) is 1.03. The van der Waals surface area contributed by atoms with Gasteiger partial charge in [-0.05, 0) is 32.8 Å². The second kappa shape index (κ2) is 9.07. The van der Waals surface area contributed by atoms with Crippen LogP contribution in [0.1, 0.15) is 33.1 Å². The number of amides is 1. The van der Waals surface area contributed by atoms with Gasteiger partial charge in [-0.25, -0.2) is 4.79 Å². The molecule has 84 valence electrons. The lowest BCUT2D eigenvalue weighted by atomic mass is 10.2. The molecule has 0 aromatic heterocycles. The zero-order chi connectivity index (χ0) is 11.5. The Kier molecular flexibility index (Phi) is 8.16. The Morgan fingerprint density at radius 2 is 2.13 bits per heavy atom. The first-order valence-electron chi connectivity index (χ1n) is 5.23. The Morgan fingerprint density at radius 1 is 1.47 bits per heavy atom. The van der Waals surface area contributed by atoms with Crippen LogP contribution in [0.25, 0.3) is 0 Å². The maximum Gasteiger partial charge on any atom is 0.414 e. The van der Waals surface area contributed by atoms with E-state index in [0.29, 0.717) is 19.5 Å². The number of unbranched alkanes of at least 4 members (excludes halogenated alkanes) is 2. The SMILES string of the molecule is CCN(CC)C(=O)O/C=C/CCCC#N. The van der Waals surface area contributed by atoms with Crippen LogP contribution in [0.5, 0.6) is 0 Å². The highest BCUT2D eigenvalue weighted by atomic mass is 16.5. The number of carbonyl (C=O) groups is 1. The van der Waals surface area contributed by atoms with E-state index in [0.717, 1.165) is 12.8 Å². The Bertz CT molecular complexity index is 239. The van der Waals surface area contributed by atoms with Crippen molar-refractivity contribution in [1.29, 1.82) is 5.26 Å². The summed E-state index contributed by atoms with van der Waals surface area (Å²) in [7, 11) is 0. The molecule has 4 nitrogen and oxygen atoms in total. The van der Waals surface area contributed by atoms with Crippen LogP contribution in [0.2, 0.25) is 0 Å². The fraction of sp³-hybridized carbons (Fsp3) is 0.636. The molecule has 0 radical (unpaired) electrons. The van der Waals surface area contributed by atoms with Gasteiger partial charge in [0, 0.05) is 19.5 Å². The van der Waals surface area contributed by atoms with E-state index >= 15 is 0 Å². The van der Waals surface area contributed by atoms with Crippen molar-refractivity contribution in [3.05, 3.63) is 12.3 Å². The molecule has 4 heteroatoms. The second-order valence-corrected chi connectivity index (χ2v) is 2.98. The lowest BCUT2D eigenvalue weighted by Crippen LogP contribution is -2.29. The van der Waals surface area contributed by atoms with Gasteiger partial charge in [-0.3, -0.25) is 0 Å². The molecule has 0 aliphatic carbocycles. The molecule has 0 N–H and O–H groups in total. The van der Waals surface area contributed by atoms with Crippen LogP contribution in [-0.2, 0) is 4.74 Å². The largest absolute Gasteiger partial charge is 0.419 e. The third kappa shape index (κ3) is 6.55. The van der Waals surface area contributed by atoms with E-state index in [2.05, 4.69) is 6.07 Å². The van der Waals surface area contributed by atoms with Gasteiger partial charge in [0.15, 0.2) is 0 Å². The topological polar surface area (TPSA) is 53.3 Å². The minimum Gasteiger partial charge on any atom is -0.419 e. The summed E-state index contributed by atoms with van der Waals surface area (Å²) in [5, 5.41) is 8.28. The number of nitrogens with zero attached hydrogens (tertiary/aromatic N) is 2. The summed E-state index contributed by atoms with van der Waals surface area (Å²) in [6.07, 6.45) is 4.94. The summed E-state index contributed by atoms with van der Waals surface area (Å²) in [5.41, 5.74) is 0. The van der Waals surface area contributed by atoms with E-state index in [4.69, 9.17) is 10.00 Å². The lowest BCUT2D eigenvalue weighted by Gasteiger charge is -2.15. The number of carbonyl (C=O) groups excluding carboxylic acids is 1. The number of hydrogen-bond acceptors (Lipinski definition) is 3. The van der Waals surface area contributed by atoms with E-state index < -0.39 is 0 Å². The van der Waals surface area contributed by atoms with E-state index in [1.807, 2.05) is 13.8 Å². The molecule has 0 heterocycles. The molecule has 0 aliphatic rings. The van der Waals surface area contributed by atoms with Crippen LogP contribution in [0, 0.1) is 11.3 Å². The molecule has 0 aliphatic heterocycles. The average Bonchev–Trinajstić information content (AvgIpc) is 2.25. The molecule has 0 saturated heterocycles. The van der Waals surface area contributed by atoms with Gasteiger partial charge in [-0.15, -0.1) is 0 Å². The second-order valence-electron chi connectivity index (χ2n) is 2.98. The summed E-state index contributed by atoms with van der Waals surface area (Å²) in [6, 6.07) is 2.05. The Morgan fingerprint density at radius 3 is 2.67 bits per heavy atom. The standard InChI is InChI=1S/C11H18N2O2/c1-3-13(4-2)11(14)15-10-8-6-5-7-9-12/h8,10H,3-7H2,1-2H3/b10-8+. The lowest BCUT2D eigenvalue weighted by molar-refractivity contribution is 0.141. The fourth-order valence-electron chi connectivity index (χ4n) is 1.03. The van der Waals surface area contributed by atoms with Gasteiger partial charge in [0.1, 0.15) is 0 Å². The van der Waals surface area contributed by atoms with Gasteiger partial charge in [0.25, 0.3) is 0 Å². The molecular weight excluding hydrogens is 192 g/mol. The first-order chi connectivity index (χ1) is 7.26. The number of hydrogen-bond donors (Lipinski definition) is 0. The summed E-state index contributed by atoms with van der Waals surface area (Å²) in [5.74, 6) is 0. The predicted octanol–water partition coefficient (Wildman–Crippen LogP) is 2.67. The average molecular weight is 210 g/mol. The Labute approximate surface area is 91.1 Å². The van der Waals surface area contributed by atoms with Crippen molar-refractivity contribution in [3.8, 4) is 6.07 Å². The van der Waals surface area contributed by atoms with Crippen LogP contribution in [0.15, 0.2) is 12.3 Å². The maximum absolute atomic E-state index is 11.3. The van der Waals surface area contributed by atoms with Crippen molar-refractivity contribution < 1.29 is 9.53 Å². The van der Waals surface area contributed by atoms with Crippen LogP contribution in [0.3, 0.4) is 0 Å². The molecule has 0 aromatic carbocycles. The summed E-state index contributed by atoms with van der Waals surface area (Å²) < 4.78 is 4.89. The smallest absolute Gasteiger partial charge is 0.414 e. The summed E-state index contributed by atoms with van der Waals surface area (Å²) in [4.78, 5) is 12.9. The summed E-state index contributed by atoms with van der Waals surface area (Å²) in [6.45, 7) is 5.11. The molecule has 15 heavy (non-hydrogen) atoms. The summed E-state index contributed by atoms with van der Waals surface area (Å²) >= 11 is 0. The molecule has 0 unspecified atom stereocenters. The van der Waals surface area contributed by atoms with E-state index in [1.54, 1.807) is 11.0 Å². The third-order valence-electron chi connectivity index (χ3n) is 1.95. The predicted molar refractivity (Wildman–Crippen MR) is 58.0 cm³/mol. The molecule has 0 bridgehead atoms. The van der Waals surface area contributed by atoms with Gasteiger partial charge >= 0.3 is 6.09 Å². The van der Waals surface area contributed by atoms with Gasteiger partial charge in [-0.2, -0.15) is 5.26 Å². The van der Waals surface area contributed by atoms with Gasteiger partial charge in [-0.1, -0.05) is 0 Å². The Hall–Kier alpha value is -1.50. The van der Waals surface area contributed by atoms with E-state index in [-0.39, 0.29) is 6.09 Å². The van der Waals surface area contributed by atoms with E-state index in [9.17, 15) is 4.79 Å². The van der Waals surface area contributed by atoms with Gasteiger partial charge in [0.05, 0.1) is 12.3 Å². The monoisotopic (exact) mass is 210 g/mol. The first-order valence-corrected chi connectivity index (χ1v) is 5.23. The molecule has 0 rings (SSSR count). The third-order valence-corrected chi connectivity index (χ3v) is 1.95. The van der Waals surface area contributed by atoms with Crippen molar-refractivity contribution >= 4 is 6.09 Å². The molecule has 0 spiro atoms. The van der Waals surface area contributed by atoms with Crippen molar-refractivity contribution in [2.45, 2.75) is 33.1 Å². The van der Waals surface area contributed by atoms with Crippen LogP contribution in [0.4, 0.5) is 4.79 Å². The minimum atomic E-state index is -0.323. The highest BCUT2D eigenvalue weighted by Gasteiger charge is 2.07. The molecule has 1 amide bonds. The first kappa shape index (κ1) is 13.5. The van der Waals surface area contributed by atoms with Crippen LogP contribution in [-0.4, -0.2) is 24.1 Å². The molecule has 0 atom stereocenters. The number of allylic oxidation sites excluding steroid dienone is 1. The van der Waals surface area contributed by atoms with Gasteiger partial charge in [0.2, 0.25) is 0 Å². The van der Waals surface area contributed by atoms with Crippen molar-refractivity contribution in [2.75, 3.05) is 13.1 Å². The van der Waals surface area contributed by atoms with Crippen molar-refractivity contribution in [3.63, 3.8) is 0 Å². The Balaban J connectivity index is 3.66. The number of nitriles is 1. The highest BCUT2D eigenvalue weighted by Crippen LogP contribution is 1.97. The van der Waals surface area contributed by atoms with Crippen LogP contribution >= 0.6 is 0 Å². The van der Waals surface area contributed by atoms with Crippen molar-refractivity contribution in [1.82, 2.24) is 4.90 Å². The zero-order valence-electron chi connectivity index (χ0n) is 9.40. The van der Waals surface area contributed by atoms with Gasteiger partial charge < -0.3 is 9.64 Å². The number of ether oxygens (including phenoxy) is 1. The zero-order valence-corrected chi connectivity index (χ0v) is 9.40. The quantitative estimate of drug-likeness (QED) is 0.500. The van der Waals surface area contributed by atoms with Crippen LogP contribution < -0.4 is 0 Å². The molecule has 0 aromatic rings. The molecule has 0 fully saturated rings. The van der Waals surface area contributed by atoms with E-state index in [1.165, 1.54) is 6.26 Å². The number of rotatable bonds is 6. The van der Waals surface area contributed by atoms with Crippen molar-refractivity contribution in [2.24, 2.45) is 0 Å². The molecular formula is C11H18N2O2. The minimum absolute atomic E-state index is 0.323. The molecule has 0 saturated carbocycles. The highest BCUT2D eigenvalue weighted by molar-refractivity contribution is 5.68.